The minimum atomic E-state index is -3.34. The Bertz CT molecular complexity index is 1060. The second-order valence-electron chi connectivity index (χ2n) is 6.69. The van der Waals surface area contributed by atoms with E-state index in [9.17, 15) is 13.2 Å². The van der Waals surface area contributed by atoms with Crippen LogP contribution in [0.25, 0.3) is 0 Å². The van der Waals surface area contributed by atoms with Crippen molar-refractivity contribution in [3.05, 3.63) is 53.6 Å². The molecule has 1 N–H and O–H groups in total. The third kappa shape index (κ3) is 3.65. The highest BCUT2D eigenvalue weighted by Gasteiger charge is 2.32. The molecule has 0 aromatic heterocycles. The van der Waals surface area contributed by atoms with Crippen LogP contribution in [0.5, 0.6) is 11.5 Å². The maximum atomic E-state index is 12.1. The summed E-state index contributed by atoms with van der Waals surface area (Å²) in [5.74, 6) is 1.18. The number of sulfonamides is 1. The Kier molecular flexibility index (Phi) is 4.46. The van der Waals surface area contributed by atoms with Crippen molar-refractivity contribution in [1.82, 2.24) is 5.01 Å². The van der Waals surface area contributed by atoms with Gasteiger partial charge in [0.1, 0.15) is 0 Å². The van der Waals surface area contributed by atoms with Crippen LogP contribution in [0.4, 0.5) is 5.69 Å². The van der Waals surface area contributed by atoms with Gasteiger partial charge >= 0.3 is 0 Å². The van der Waals surface area contributed by atoms with Gasteiger partial charge in [-0.05, 0) is 35.9 Å². The van der Waals surface area contributed by atoms with E-state index >= 15 is 0 Å². The first-order chi connectivity index (χ1) is 13.3. The van der Waals surface area contributed by atoms with Crippen LogP contribution in [-0.2, 0) is 14.8 Å². The highest BCUT2D eigenvalue weighted by Crippen LogP contribution is 2.37. The van der Waals surface area contributed by atoms with Crippen LogP contribution in [0.2, 0.25) is 0 Å². The lowest BCUT2D eigenvalue weighted by atomic mass is 9.98. The molecule has 0 radical (unpaired) electrons. The molecular formula is C19H19N3O5S. The number of fused-ring (bicyclic) bond motifs is 1. The summed E-state index contributed by atoms with van der Waals surface area (Å²) in [6.45, 7) is 1.67. The fourth-order valence-corrected chi connectivity index (χ4v) is 3.86. The van der Waals surface area contributed by atoms with E-state index in [1.54, 1.807) is 24.3 Å². The molecule has 4 rings (SSSR count). The van der Waals surface area contributed by atoms with Crippen LogP contribution < -0.4 is 14.2 Å². The molecule has 0 fully saturated rings. The lowest BCUT2D eigenvalue weighted by Gasteiger charge is -2.20. The summed E-state index contributed by atoms with van der Waals surface area (Å²) >= 11 is 0. The zero-order chi connectivity index (χ0) is 19.9. The molecule has 0 saturated heterocycles. The predicted molar refractivity (Wildman–Crippen MR) is 104 cm³/mol. The van der Waals surface area contributed by atoms with Crippen LogP contribution in [0, 0.1) is 0 Å². The van der Waals surface area contributed by atoms with Crippen molar-refractivity contribution in [3.63, 3.8) is 0 Å². The normalized spacial score (nSPS) is 18.1. The molecule has 2 aromatic carbocycles. The molecule has 1 amide bonds. The van der Waals surface area contributed by atoms with E-state index in [0.29, 0.717) is 23.6 Å². The zero-order valence-corrected chi connectivity index (χ0v) is 16.2. The van der Waals surface area contributed by atoms with Gasteiger partial charge in [-0.1, -0.05) is 12.1 Å². The molecule has 146 valence electrons. The van der Waals surface area contributed by atoms with Crippen molar-refractivity contribution in [2.24, 2.45) is 5.10 Å². The average Bonchev–Trinajstić information content (AvgIpc) is 3.27. The van der Waals surface area contributed by atoms with Gasteiger partial charge in [-0.2, -0.15) is 5.10 Å². The number of anilines is 1. The molecule has 28 heavy (non-hydrogen) atoms. The van der Waals surface area contributed by atoms with Gasteiger partial charge in [0.05, 0.1) is 18.0 Å². The summed E-state index contributed by atoms with van der Waals surface area (Å²) in [4.78, 5) is 12.1. The summed E-state index contributed by atoms with van der Waals surface area (Å²) in [5.41, 5.74) is 2.98. The van der Waals surface area contributed by atoms with Crippen molar-refractivity contribution in [2.45, 2.75) is 19.4 Å². The Morgan fingerprint density at radius 2 is 1.86 bits per heavy atom. The molecule has 2 heterocycles. The van der Waals surface area contributed by atoms with Gasteiger partial charge in [0.15, 0.2) is 11.5 Å². The second-order valence-corrected chi connectivity index (χ2v) is 8.44. The molecule has 1 atom stereocenters. The number of carbonyl (C=O) groups is 1. The van der Waals surface area contributed by atoms with Gasteiger partial charge in [0, 0.05) is 24.6 Å². The molecule has 0 spiro atoms. The second kappa shape index (κ2) is 6.83. The number of carbonyl (C=O) groups excluding carboxylic acids is 1. The van der Waals surface area contributed by atoms with Crippen molar-refractivity contribution < 1.29 is 22.7 Å². The van der Waals surface area contributed by atoms with Crippen molar-refractivity contribution in [3.8, 4) is 11.5 Å². The van der Waals surface area contributed by atoms with Crippen molar-refractivity contribution in [2.75, 3.05) is 17.8 Å². The number of rotatable bonds is 4. The zero-order valence-electron chi connectivity index (χ0n) is 15.4. The van der Waals surface area contributed by atoms with Crippen LogP contribution in [0.1, 0.15) is 30.5 Å². The Morgan fingerprint density at radius 1 is 1.14 bits per heavy atom. The van der Waals surface area contributed by atoms with Crippen molar-refractivity contribution in [1.29, 1.82) is 0 Å². The van der Waals surface area contributed by atoms with Crippen LogP contribution in [0.3, 0.4) is 0 Å². The quantitative estimate of drug-likeness (QED) is 0.849. The van der Waals surface area contributed by atoms with E-state index in [-0.39, 0.29) is 18.7 Å². The minimum Gasteiger partial charge on any atom is -0.454 e. The molecule has 0 aliphatic carbocycles. The fraction of sp³-hybridized carbons (Fsp3) is 0.263. The number of hydrogen-bond acceptors (Lipinski definition) is 6. The lowest BCUT2D eigenvalue weighted by Crippen LogP contribution is -2.24. The van der Waals surface area contributed by atoms with Gasteiger partial charge in [-0.25, -0.2) is 13.4 Å². The molecule has 0 saturated carbocycles. The molecule has 0 unspecified atom stereocenters. The van der Waals surface area contributed by atoms with E-state index in [2.05, 4.69) is 9.82 Å². The van der Waals surface area contributed by atoms with Gasteiger partial charge in [-0.15, -0.1) is 0 Å². The van der Waals surface area contributed by atoms with Crippen LogP contribution in [-0.4, -0.2) is 38.1 Å². The topological polar surface area (TPSA) is 97.3 Å². The Balaban J connectivity index is 1.59. The highest BCUT2D eigenvalue weighted by molar-refractivity contribution is 7.92. The van der Waals surface area contributed by atoms with E-state index < -0.39 is 10.0 Å². The van der Waals surface area contributed by atoms with Gasteiger partial charge < -0.3 is 9.47 Å². The van der Waals surface area contributed by atoms with Crippen LogP contribution >= 0.6 is 0 Å². The fourth-order valence-electron chi connectivity index (χ4n) is 3.30. The summed E-state index contributed by atoms with van der Waals surface area (Å²) in [7, 11) is -3.34. The van der Waals surface area contributed by atoms with E-state index in [1.165, 1.54) is 11.9 Å². The van der Waals surface area contributed by atoms with Crippen molar-refractivity contribution >= 4 is 27.3 Å². The Morgan fingerprint density at radius 3 is 2.54 bits per heavy atom. The standard InChI is InChI=1S/C19H19N3O5S/c1-12(23)22-17(13-3-6-15(7-4-13)21-28(2,24)25)10-16(20-22)14-5-8-18-19(9-14)27-11-26-18/h3-9,17,21H,10-11H2,1-2H3/t17-/m0/s1. The summed E-state index contributed by atoms with van der Waals surface area (Å²) in [6.07, 6.45) is 1.64. The van der Waals surface area contributed by atoms with Gasteiger partial charge in [0.25, 0.3) is 0 Å². The Labute approximate surface area is 162 Å². The maximum Gasteiger partial charge on any atom is 0.240 e. The van der Waals surface area contributed by atoms with Gasteiger partial charge in [0.2, 0.25) is 22.7 Å². The predicted octanol–water partition coefficient (Wildman–Crippen LogP) is 2.48. The molecule has 0 bridgehead atoms. The summed E-state index contributed by atoms with van der Waals surface area (Å²) in [6, 6.07) is 12.3. The first-order valence-corrected chi connectivity index (χ1v) is 10.5. The number of nitrogens with zero attached hydrogens (tertiary/aromatic N) is 2. The van der Waals surface area contributed by atoms with E-state index in [0.717, 1.165) is 23.1 Å². The lowest BCUT2D eigenvalue weighted by molar-refractivity contribution is -0.130. The molecule has 2 aromatic rings. The maximum absolute atomic E-state index is 12.1. The molecular weight excluding hydrogens is 382 g/mol. The van der Waals surface area contributed by atoms with Gasteiger partial charge in [-0.3, -0.25) is 9.52 Å². The smallest absolute Gasteiger partial charge is 0.240 e. The SMILES string of the molecule is CC(=O)N1N=C(c2ccc3c(c2)OCO3)C[C@H]1c1ccc(NS(C)(=O)=O)cc1. The number of benzene rings is 2. The van der Waals surface area contributed by atoms with E-state index in [1.807, 2.05) is 18.2 Å². The number of hydrazone groups is 1. The molecule has 2 aliphatic heterocycles. The Hall–Kier alpha value is -3.07. The van der Waals surface area contributed by atoms with Crippen LogP contribution in [0.15, 0.2) is 47.6 Å². The minimum absolute atomic E-state index is 0.168. The first-order valence-electron chi connectivity index (χ1n) is 8.65. The summed E-state index contributed by atoms with van der Waals surface area (Å²) in [5, 5.41) is 5.97. The largest absolute Gasteiger partial charge is 0.454 e. The third-order valence-electron chi connectivity index (χ3n) is 4.54. The molecule has 2 aliphatic rings. The summed E-state index contributed by atoms with van der Waals surface area (Å²) < 4.78 is 35.9. The average molecular weight is 401 g/mol. The number of amides is 1. The number of ether oxygens (including phenoxy) is 2. The molecule has 9 heteroatoms. The number of hydrogen-bond donors (Lipinski definition) is 1. The highest BCUT2D eigenvalue weighted by atomic mass is 32.2. The molecule has 8 nitrogen and oxygen atoms in total. The number of nitrogens with one attached hydrogen (secondary N) is 1. The first kappa shape index (κ1) is 18.3. The monoisotopic (exact) mass is 401 g/mol. The van der Waals surface area contributed by atoms with E-state index in [4.69, 9.17) is 9.47 Å². The third-order valence-corrected chi connectivity index (χ3v) is 5.14.